The second kappa shape index (κ2) is 6.60. The van der Waals surface area contributed by atoms with Crippen molar-refractivity contribution in [2.75, 3.05) is 24.6 Å². The first-order chi connectivity index (χ1) is 12.2. The summed E-state index contributed by atoms with van der Waals surface area (Å²) < 4.78 is 11.2. The molecule has 0 aliphatic carbocycles. The molecule has 1 saturated heterocycles. The number of pyridine rings is 1. The number of rotatable bonds is 3. The van der Waals surface area contributed by atoms with Gasteiger partial charge in [-0.2, -0.15) is 0 Å². The van der Waals surface area contributed by atoms with Gasteiger partial charge in [-0.05, 0) is 26.0 Å². The summed E-state index contributed by atoms with van der Waals surface area (Å²) in [5, 5.41) is 4.02. The van der Waals surface area contributed by atoms with Crippen molar-refractivity contribution in [1.82, 2.24) is 20.1 Å². The summed E-state index contributed by atoms with van der Waals surface area (Å²) in [5.41, 5.74) is 3.54. The number of nitrogens with zero attached hydrogens (tertiary/aromatic N) is 5. The maximum Gasteiger partial charge on any atom is 0.147 e. The lowest BCUT2D eigenvalue weighted by Gasteiger charge is -2.33. The highest BCUT2D eigenvalue weighted by Gasteiger charge is 2.25. The molecule has 0 spiro atoms. The molecule has 7 heteroatoms. The lowest BCUT2D eigenvalue weighted by Crippen LogP contribution is -2.39. The maximum absolute atomic E-state index is 5.96. The van der Waals surface area contributed by atoms with Gasteiger partial charge in [0.1, 0.15) is 17.7 Å². The van der Waals surface area contributed by atoms with Crippen LogP contribution in [0.2, 0.25) is 0 Å². The summed E-state index contributed by atoms with van der Waals surface area (Å²) in [4.78, 5) is 15.5. The van der Waals surface area contributed by atoms with Crippen LogP contribution in [0.3, 0.4) is 0 Å². The normalized spacial score (nSPS) is 17.7. The van der Waals surface area contributed by atoms with Crippen molar-refractivity contribution in [3.8, 4) is 11.3 Å². The van der Waals surface area contributed by atoms with E-state index >= 15 is 0 Å². The fourth-order valence-electron chi connectivity index (χ4n) is 3.11. The van der Waals surface area contributed by atoms with Crippen LogP contribution in [0.1, 0.15) is 23.3 Å². The second-order valence-electron chi connectivity index (χ2n) is 6.02. The summed E-state index contributed by atoms with van der Waals surface area (Å²) in [6.07, 6.45) is 5.04. The van der Waals surface area contributed by atoms with Gasteiger partial charge in [-0.3, -0.25) is 4.98 Å². The van der Waals surface area contributed by atoms with Gasteiger partial charge in [0, 0.05) is 18.9 Å². The molecule has 4 rings (SSSR count). The van der Waals surface area contributed by atoms with E-state index in [1.807, 2.05) is 32.0 Å². The van der Waals surface area contributed by atoms with Crippen molar-refractivity contribution >= 4 is 5.82 Å². The first-order valence-corrected chi connectivity index (χ1v) is 8.25. The molecule has 1 unspecified atom stereocenters. The molecule has 25 heavy (non-hydrogen) atoms. The minimum absolute atomic E-state index is 0.115. The molecule has 7 nitrogen and oxygen atoms in total. The predicted molar refractivity (Wildman–Crippen MR) is 92.1 cm³/mol. The minimum Gasteiger partial charge on any atom is -0.368 e. The molecule has 0 amide bonds. The Bertz CT molecular complexity index is 845. The van der Waals surface area contributed by atoms with E-state index in [-0.39, 0.29) is 6.10 Å². The van der Waals surface area contributed by atoms with Crippen molar-refractivity contribution in [3.63, 3.8) is 0 Å². The lowest BCUT2D eigenvalue weighted by molar-refractivity contribution is 0.0368. The Morgan fingerprint density at radius 3 is 2.88 bits per heavy atom. The largest absolute Gasteiger partial charge is 0.368 e. The highest BCUT2D eigenvalue weighted by atomic mass is 16.5. The highest BCUT2D eigenvalue weighted by Crippen LogP contribution is 2.28. The monoisotopic (exact) mass is 337 g/mol. The van der Waals surface area contributed by atoms with Gasteiger partial charge in [0.05, 0.1) is 42.0 Å². The predicted octanol–water partition coefficient (Wildman–Crippen LogP) is 2.72. The molecule has 4 heterocycles. The average molecular weight is 337 g/mol. The SMILES string of the molecule is Cc1noc(C)c1-c1cccc(C2CN(c3cnccn3)CCO2)n1. The van der Waals surface area contributed by atoms with Crippen LogP contribution in [0, 0.1) is 13.8 Å². The molecule has 0 N–H and O–H groups in total. The van der Waals surface area contributed by atoms with Gasteiger partial charge in [-0.1, -0.05) is 11.2 Å². The Hall–Kier alpha value is -2.80. The van der Waals surface area contributed by atoms with Crippen LogP contribution in [0.15, 0.2) is 41.3 Å². The van der Waals surface area contributed by atoms with Crippen LogP contribution in [-0.4, -0.2) is 39.8 Å². The van der Waals surface area contributed by atoms with Gasteiger partial charge in [-0.25, -0.2) is 9.97 Å². The van der Waals surface area contributed by atoms with E-state index in [2.05, 4.69) is 20.0 Å². The molecule has 0 aromatic carbocycles. The van der Waals surface area contributed by atoms with Gasteiger partial charge >= 0.3 is 0 Å². The first-order valence-electron chi connectivity index (χ1n) is 8.25. The topological polar surface area (TPSA) is 77.2 Å². The number of hydrogen-bond donors (Lipinski definition) is 0. The van der Waals surface area contributed by atoms with Gasteiger partial charge in [0.25, 0.3) is 0 Å². The third kappa shape index (κ3) is 3.10. The molecule has 3 aromatic rings. The van der Waals surface area contributed by atoms with Crippen molar-refractivity contribution < 1.29 is 9.26 Å². The maximum atomic E-state index is 5.96. The molecule has 0 bridgehead atoms. The summed E-state index contributed by atoms with van der Waals surface area (Å²) in [7, 11) is 0. The van der Waals surface area contributed by atoms with Crippen molar-refractivity contribution in [2.24, 2.45) is 0 Å². The quantitative estimate of drug-likeness (QED) is 0.727. The van der Waals surface area contributed by atoms with Crippen molar-refractivity contribution in [1.29, 1.82) is 0 Å². The van der Waals surface area contributed by atoms with Gasteiger partial charge < -0.3 is 14.2 Å². The van der Waals surface area contributed by atoms with E-state index in [0.717, 1.165) is 40.8 Å². The summed E-state index contributed by atoms with van der Waals surface area (Å²) in [5.74, 6) is 1.63. The summed E-state index contributed by atoms with van der Waals surface area (Å²) in [6, 6.07) is 5.96. The zero-order valence-electron chi connectivity index (χ0n) is 14.2. The van der Waals surface area contributed by atoms with E-state index in [1.54, 1.807) is 18.6 Å². The molecule has 0 saturated carbocycles. The lowest BCUT2D eigenvalue weighted by atomic mass is 10.1. The smallest absolute Gasteiger partial charge is 0.147 e. The Morgan fingerprint density at radius 2 is 2.12 bits per heavy atom. The third-order valence-electron chi connectivity index (χ3n) is 4.33. The Labute approximate surface area is 145 Å². The average Bonchev–Trinajstić information content (AvgIpc) is 3.01. The number of aromatic nitrogens is 4. The van der Waals surface area contributed by atoms with E-state index in [9.17, 15) is 0 Å². The molecular weight excluding hydrogens is 318 g/mol. The Morgan fingerprint density at radius 1 is 1.20 bits per heavy atom. The summed E-state index contributed by atoms with van der Waals surface area (Å²) >= 11 is 0. The molecule has 1 aliphatic heterocycles. The molecule has 1 aliphatic rings. The molecule has 1 fully saturated rings. The number of anilines is 1. The fraction of sp³-hybridized carbons (Fsp3) is 0.333. The number of ether oxygens (including phenoxy) is 1. The second-order valence-corrected chi connectivity index (χ2v) is 6.02. The van der Waals surface area contributed by atoms with Crippen molar-refractivity contribution in [3.05, 3.63) is 53.9 Å². The number of hydrogen-bond acceptors (Lipinski definition) is 7. The standard InChI is InChI=1S/C18H19N5O2/c1-12-18(13(2)25-22-12)15-5-3-4-14(21-15)16-11-23(8-9-24-16)17-10-19-6-7-20-17/h3-7,10,16H,8-9,11H2,1-2H3. The van der Waals surface area contributed by atoms with Crippen LogP contribution >= 0.6 is 0 Å². The zero-order valence-corrected chi connectivity index (χ0v) is 14.2. The number of aryl methyl sites for hydroxylation is 2. The molecule has 3 aromatic heterocycles. The molecular formula is C18H19N5O2. The van der Waals surface area contributed by atoms with Gasteiger partial charge in [-0.15, -0.1) is 0 Å². The first kappa shape index (κ1) is 15.7. The van der Waals surface area contributed by atoms with E-state index in [4.69, 9.17) is 14.2 Å². The molecule has 0 radical (unpaired) electrons. The Balaban J connectivity index is 1.61. The van der Waals surface area contributed by atoms with E-state index in [1.165, 1.54) is 0 Å². The van der Waals surface area contributed by atoms with E-state index in [0.29, 0.717) is 13.2 Å². The van der Waals surface area contributed by atoms with Crippen LogP contribution < -0.4 is 4.90 Å². The Kier molecular flexibility index (Phi) is 4.15. The van der Waals surface area contributed by atoms with Crippen molar-refractivity contribution in [2.45, 2.75) is 20.0 Å². The van der Waals surface area contributed by atoms with E-state index < -0.39 is 0 Å². The molecule has 128 valence electrons. The van der Waals surface area contributed by atoms with Gasteiger partial charge in [0.15, 0.2) is 0 Å². The number of morpholine rings is 1. The highest BCUT2D eigenvalue weighted by molar-refractivity contribution is 5.63. The third-order valence-corrected chi connectivity index (χ3v) is 4.33. The van der Waals surface area contributed by atoms with Crippen LogP contribution in [0.5, 0.6) is 0 Å². The van der Waals surface area contributed by atoms with Crippen LogP contribution in [-0.2, 0) is 4.74 Å². The van der Waals surface area contributed by atoms with Gasteiger partial charge in [0.2, 0.25) is 0 Å². The summed E-state index contributed by atoms with van der Waals surface area (Å²) in [6.45, 7) is 5.93. The fourth-order valence-corrected chi connectivity index (χ4v) is 3.11. The zero-order chi connectivity index (χ0) is 17.2. The molecule has 1 atom stereocenters. The minimum atomic E-state index is -0.115. The van der Waals surface area contributed by atoms with Crippen LogP contribution in [0.4, 0.5) is 5.82 Å². The van der Waals surface area contributed by atoms with Crippen LogP contribution in [0.25, 0.3) is 11.3 Å².